The fourth-order valence-corrected chi connectivity index (χ4v) is 2.85. The fourth-order valence-electron chi connectivity index (χ4n) is 2.14. The molecule has 2 aromatic rings. The van der Waals surface area contributed by atoms with Crippen LogP contribution in [0.2, 0.25) is 5.02 Å². The SMILES string of the molecule is CC(=O)N(CC(=O)Nc1ccc(Br)cc1C)c1ccccc1Cl. The zero-order chi connectivity index (χ0) is 17.0. The van der Waals surface area contributed by atoms with Gasteiger partial charge in [0.05, 0.1) is 10.7 Å². The molecule has 0 heterocycles. The predicted octanol–water partition coefficient (Wildman–Crippen LogP) is 4.40. The summed E-state index contributed by atoms with van der Waals surface area (Å²) in [5.41, 5.74) is 2.16. The zero-order valence-corrected chi connectivity index (χ0v) is 15.1. The van der Waals surface area contributed by atoms with Gasteiger partial charge in [0.2, 0.25) is 11.8 Å². The van der Waals surface area contributed by atoms with Crippen molar-refractivity contribution in [2.45, 2.75) is 13.8 Å². The highest BCUT2D eigenvalue weighted by Crippen LogP contribution is 2.25. The van der Waals surface area contributed by atoms with E-state index in [1.807, 2.05) is 25.1 Å². The molecule has 0 unspecified atom stereocenters. The molecule has 0 saturated heterocycles. The van der Waals surface area contributed by atoms with E-state index in [1.165, 1.54) is 11.8 Å². The number of aryl methyl sites for hydroxylation is 1. The number of halogens is 2. The summed E-state index contributed by atoms with van der Waals surface area (Å²) in [7, 11) is 0. The van der Waals surface area contributed by atoms with E-state index in [2.05, 4.69) is 21.2 Å². The van der Waals surface area contributed by atoms with E-state index < -0.39 is 0 Å². The maximum Gasteiger partial charge on any atom is 0.244 e. The lowest BCUT2D eigenvalue weighted by molar-refractivity contribution is -0.120. The monoisotopic (exact) mass is 394 g/mol. The van der Waals surface area contributed by atoms with E-state index >= 15 is 0 Å². The Labute approximate surface area is 148 Å². The molecule has 2 rings (SSSR count). The van der Waals surface area contributed by atoms with Crippen LogP contribution in [0.15, 0.2) is 46.9 Å². The highest BCUT2D eigenvalue weighted by Gasteiger charge is 2.18. The molecule has 0 radical (unpaired) electrons. The Bertz CT molecular complexity index is 749. The van der Waals surface area contributed by atoms with Crippen LogP contribution in [0.5, 0.6) is 0 Å². The molecule has 0 spiro atoms. The first kappa shape index (κ1) is 17.5. The molecule has 0 bridgehead atoms. The molecule has 4 nitrogen and oxygen atoms in total. The number of nitrogens with zero attached hydrogens (tertiary/aromatic N) is 1. The average molecular weight is 396 g/mol. The maximum atomic E-state index is 12.3. The van der Waals surface area contributed by atoms with Crippen LogP contribution >= 0.6 is 27.5 Å². The van der Waals surface area contributed by atoms with Crippen LogP contribution in [-0.2, 0) is 9.59 Å². The highest BCUT2D eigenvalue weighted by molar-refractivity contribution is 9.10. The van der Waals surface area contributed by atoms with Crippen LogP contribution in [-0.4, -0.2) is 18.4 Å². The van der Waals surface area contributed by atoms with Crippen molar-refractivity contribution >= 4 is 50.7 Å². The van der Waals surface area contributed by atoms with E-state index in [9.17, 15) is 9.59 Å². The van der Waals surface area contributed by atoms with Gasteiger partial charge in [0.15, 0.2) is 0 Å². The lowest BCUT2D eigenvalue weighted by atomic mass is 10.2. The molecule has 0 aliphatic heterocycles. The molecule has 2 aromatic carbocycles. The van der Waals surface area contributed by atoms with Crippen LogP contribution in [0.4, 0.5) is 11.4 Å². The molecule has 120 valence electrons. The standard InChI is InChI=1S/C17H16BrClN2O2/c1-11-9-13(18)7-8-15(11)20-17(23)10-21(12(2)22)16-6-4-3-5-14(16)19/h3-9H,10H2,1-2H3,(H,20,23). The van der Waals surface area contributed by atoms with Gasteiger partial charge in [-0.2, -0.15) is 0 Å². The third-order valence-electron chi connectivity index (χ3n) is 3.29. The highest BCUT2D eigenvalue weighted by atomic mass is 79.9. The summed E-state index contributed by atoms with van der Waals surface area (Å²) >= 11 is 9.50. The van der Waals surface area contributed by atoms with Gasteiger partial charge >= 0.3 is 0 Å². The van der Waals surface area contributed by atoms with Gasteiger partial charge in [-0.3, -0.25) is 9.59 Å². The average Bonchev–Trinajstić information content (AvgIpc) is 2.48. The number of rotatable bonds is 4. The zero-order valence-electron chi connectivity index (χ0n) is 12.8. The van der Waals surface area contributed by atoms with Crippen molar-refractivity contribution < 1.29 is 9.59 Å². The lowest BCUT2D eigenvalue weighted by Gasteiger charge is -2.22. The topological polar surface area (TPSA) is 49.4 Å². The molecule has 0 aromatic heterocycles. The second kappa shape index (κ2) is 7.62. The van der Waals surface area contributed by atoms with Gasteiger partial charge in [-0.1, -0.05) is 39.7 Å². The van der Waals surface area contributed by atoms with Crippen LogP contribution < -0.4 is 10.2 Å². The van der Waals surface area contributed by atoms with Crippen molar-refractivity contribution in [1.29, 1.82) is 0 Å². The van der Waals surface area contributed by atoms with Crippen molar-refractivity contribution in [2.24, 2.45) is 0 Å². The quantitative estimate of drug-likeness (QED) is 0.834. The van der Waals surface area contributed by atoms with Crippen molar-refractivity contribution in [3.8, 4) is 0 Å². The van der Waals surface area contributed by atoms with Gasteiger partial charge in [-0.25, -0.2) is 0 Å². The van der Waals surface area contributed by atoms with Gasteiger partial charge in [0.1, 0.15) is 6.54 Å². The number of hydrogen-bond donors (Lipinski definition) is 1. The number of benzene rings is 2. The number of amides is 2. The number of anilines is 2. The minimum Gasteiger partial charge on any atom is -0.324 e. The van der Waals surface area contributed by atoms with Crippen molar-refractivity contribution in [3.05, 3.63) is 57.5 Å². The number of carbonyl (C=O) groups is 2. The first-order valence-electron chi connectivity index (χ1n) is 6.97. The minimum atomic E-state index is -0.287. The van der Waals surface area contributed by atoms with Crippen LogP contribution in [0.25, 0.3) is 0 Å². The molecule has 1 N–H and O–H groups in total. The number of para-hydroxylation sites is 1. The van der Waals surface area contributed by atoms with Crippen LogP contribution in [0.1, 0.15) is 12.5 Å². The molecule has 0 aliphatic rings. The number of nitrogens with one attached hydrogen (secondary N) is 1. The summed E-state index contributed by atoms with van der Waals surface area (Å²) in [5.74, 6) is -0.536. The van der Waals surface area contributed by atoms with E-state index in [0.29, 0.717) is 16.4 Å². The van der Waals surface area contributed by atoms with Gasteiger partial charge in [0.25, 0.3) is 0 Å². The largest absolute Gasteiger partial charge is 0.324 e. The Morgan fingerprint density at radius 3 is 2.52 bits per heavy atom. The van der Waals surface area contributed by atoms with E-state index in [4.69, 9.17) is 11.6 Å². The first-order valence-corrected chi connectivity index (χ1v) is 8.14. The third-order valence-corrected chi connectivity index (χ3v) is 4.10. The molecule has 23 heavy (non-hydrogen) atoms. The first-order chi connectivity index (χ1) is 10.9. The molecule has 0 aliphatic carbocycles. The van der Waals surface area contributed by atoms with E-state index in [0.717, 1.165) is 10.0 Å². The predicted molar refractivity (Wildman–Crippen MR) is 97.0 cm³/mol. The summed E-state index contributed by atoms with van der Waals surface area (Å²) in [6, 6.07) is 12.5. The smallest absolute Gasteiger partial charge is 0.244 e. The van der Waals surface area contributed by atoms with Crippen molar-refractivity contribution in [3.63, 3.8) is 0 Å². The second-order valence-corrected chi connectivity index (χ2v) is 6.39. The molecular formula is C17H16BrClN2O2. The Kier molecular flexibility index (Phi) is 5.80. The Balaban J connectivity index is 2.16. The Morgan fingerprint density at radius 2 is 1.91 bits per heavy atom. The summed E-state index contributed by atoms with van der Waals surface area (Å²) in [5, 5.41) is 3.24. The maximum absolute atomic E-state index is 12.3. The summed E-state index contributed by atoms with van der Waals surface area (Å²) < 4.78 is 0.939. The summed E-state index contributed by atoms with van der Waals surface area (Å²) in [6.45, 7) is 3.20. The molecule has 0 fully saturated rings. The number of carbonyl (C=O) groups excluding carboxylic acids is 2. The molecule has 0 saturated carbocycles. The molecule has 6 heteroatoms. The van der Waals surface area contributed by atoms with Gasteiger partial charge in [-0.15, -0.1) is 0 Å². The molecular weight excluding hydrogens is 380 g/mol. The summed E-state index contributed by atoms with van der Waals surface area (Å²) in [4.78, 5) is 25.5. The van der Waals surface area contributed by atoms with Gasteiger partial charge < -0.3 is 10.2 Å². The van der Waals surface area contributed by atoms with E-state index in [-0.39, 0.29) is 18.4 Å². The lowest BCUT2D eigenvalue weighted by Crippen LogP contribution is -2.37. The van der Waals surface area contributed by atoms with Crippen LogP contribution in [0.3, 0.4) is 0 Å². The Morgan fingerprint density at radius 1 is 1.22 bits per heavy atom. The fraction of sp³-hybridized carbons (Fsp3) is 0.176. The van der Waals surface area contributed by atoms with Crippen LogP contribution in [0, 0.1) is 6.92 Å². The minimum absolute atomic E-state index is 0.103. The summed E-state index contributed by atoms with van der Waals surface area (Å²) in [6.07, 6.45) is 0. The van der Waals surface area contributed by atoms with Gasteiger partial charge in [0, 0.05) is 17.1 Å². The van der Waals surface area contributed by atoms with Crippen molar-refractivity contribution in [1.82, 2.24) is 0 Å². The Hall–Kier alpha value is -1.85. The van der Waals surface area contributed by atoms with Crippen molar-refractivity contribution in [2.75, 3.05) is 16.8 Å². The third kappa shape index (κ3) is 4.56. The normalized spacial score (nSPS) is 10.3. The number of hydrogen-bond acceptors (Lipinski definition) is 2. The van der Waals surface area contributed by atoms with E-state index in [1.54, 1.807) is 24.3 Å². The molecule has 2 amide bonds. The molecule has 0 atom stereocenters. The van der Waals surface area contributed by atoms with Gasteiger partial charge in [-0.05, 0) is 42.8 Å². The second-order valence-electron chi connectivity index (χ2n) is 5.06.